The maximum absolute atomic E-state index is 2.73. The highest BCUT2D eigenvalue weighted by Crippen LogP contribution is 2.40. The average molecular weight is 334 g/mol. The fourth-order valence-electron chi connectivity index (χ4n) is 4.73. The standard InChI is InChI=1S/C24H31N/c1-3-4-14-25(21-8-6-5-7-9-21)22-12-11-19-16-20-15-18(2)10-13-23(20)24(19)17-22/h10-13,15,17,21H,3-9,14,16H2,1-2H3. The van der Waals surface area contributed by atoms with Crippen molar-refractivity contribution in [1.82, 2.24) is 0 Å². The second-order valence-electron chi connectivity index (χ2n) is 8.02. The lowest BCUT2D eigenvalue weighted by Gasteiger charge is -2.36. The molecule has 2 aromatic carbocycles. The zero-order valence-corrected chi connectivity index (χ0v) is 15.9. The average Bonchev–Trinajstić information content (AvgIpc) is 3.00. The van der Waals surface area contributed by atoms with Crippen LogP contribution < -0.4 is 4.90 Å². The van der Waals surface area contributed by atoms with E-state index >= 15 is 0 Å². The normalized spacial score (nSPS) is 16.6. The van der Waals surface area contributed by atoms with Crippen molar-refractivity contribution in [2.75, 3.05) is 11.4 Å². The molecule has 0 aromatic heterocycles. The topological polar surface area (TPSA) is 3.24 Å². The van der Waals surface area contributed by atoms with E-state index in [9.17, 15) is 0 Å². The van der Waals surface area contributed by atoms with E-state index in [0.29, 0.717) is 0 Å². The van der Waals surface area contributed by atoms with Crippen LogP contribution in [0.25, 0.3) is 11.1 Å². The molecule has 0 heterocycles. The van der Waals surface area contributed by atoms with Crippen LogP contribution in [-0.4, -0.2) is 12.6 Å². The smallest absolute Gasteiger partial charge is 0.0375 e. The molecule has 132 valence electrons. The number of hydrogen-bond acceptors (Lipinski definition) is 1. The molecule has 0 bridgehead atoms. The molecule has 1 nitrogen and oxygen atoms in total. The van der Waals surface area contributed by atoms with E-state index in [4.69, 9.17) is 0 Å². The third-order valence-electron chi connectivity index (χ3n) is 6.12. The van der Waals surface area contributed by atoms with Crippen LogP contribution in [0, 0.1) is 6.92 Å². The molecule has 1 fully saturated rings. The van der Waals surface area contributed by atoms with Crippen LogP contribution in [0.1, 0.15) is 68.6 Å². The maximum Gasteiger partial charge on any atom is 0.0375 e. The van der Waals surface area contributed by atoms with E-state index < -0.39 is 0 Å². The predicted octanol–water partition coefficient (Wildman–Crippen LogP) is 6.51. The van der Waals surface area contributed by atoms with E-state index in [1.165, 1.54) is 85.0 Å². The van der Waals surface area contributed by atoms with Crippen LogP contribution in [0.3, 0.4) is 0 Å². The van der Waals surface area contributed by atoms with Gasteiger partial charge in [-0.25, -0.2) is 0 Å². The molecule has 0 spiro atoms. The Morgan fingerprint density at radius 1 is 0.920 bits per heavy atom. The number of benzene rings is 2. The van der Waals surface area contributed by atoms with Crippen molar-refractivity contribution < 1.29 is 0 Å². The van der Waals surface area contributed by atoms with Crippen molar-refractivity contribution in [1.29, 1.82) is 0 Å². The molecule has 4 rings (SSSR count). The third kappa shape index (κ3) is 3.34. The van der Waals surface area contributed by atoms with Gasteiger partial charge in [-0.1, -0.05) is 62.4 Å². The first-order valence-electron chi connectivity index (χ1n) is 10.3. The largest absolute Gasteiger partial charge is 0.369 e. The number of rotatable bonds is 5. The Hall–Kier alpha value is -1.76. The summed E-state index contributed by atoms with van der Waals surface area (Å²) in [6.07, 6.45) is 10.6. The molecule has 0 amide bonds. The minimum absolute atomic E-state index is 0.747. The fourth-order valence-corrected chi connectivity index (χ4v) is 4.73. The summed E-state index contributed by atoms with van der Waals surface area (Å²) in [7, 11) is 0. The first-order chi connectivity index (χ1) is 12.3. The highest BCUT2D eigenvalue weighted by atomic mass is 15.2. The Morgan fingerprint density at radius 3 is 2.56 bits per heavy atom. The van der Waals surface area contributed by atoms with Crippen LogP contribution in [0.4, 0.5) is 5.69 Å². The van der Waals surface area contributed by atoms with Crippen molar-refractivity contribution in [3.63, 3.8) is 0 Å². The van der Waals surface area contributed by atoms with Crippen LogP contribution in [0.15, 0.2) is 36.4 Å². The van der Waals surface area contributed by atoms with Gasteiger partial charge in [-0.2, -0.15) is 0 Å². The molecule has 0 unspecified atom stereocenters. The van der Waals surface area contributed by atoms with Crippen molar-refractivity contribution in [2.45, 2.75) is 71.3 Å². The van der Waals surface area contributed by atoms with Crippen LogP contribution in [0.2, 0.25) is 0 Å². The van der Waals surface area contributed by atoms with Gasteiger partial charge in [0.25, 0.3) is 0 Å². The third-order valence-corrected chi connectivity index (χ3v) is 6.12. The molecule has 0 saturated heterocycles. The van der Waals surface area contributed by atoms with Gasteiger partial charge in [0.15, 0.2) is 0 Å². The summed E-state index contributed by atoms with van der Waals surface area (Å²) in [4.78, 5) is 2.73. The Balaban J connectivity index is 1.67. The van der Waals surface area contributed by atoms with Crippen LogP contribution in [-0.2, 0) is 6.42 Å². The lowest BCUT2D eigenvalue weighted by Crippen LogP contribution is -2.37. The number of fused-ring (bicyclic) bond motifs is 3. The first kappa shape index (κ1) is 16.7. The van der Waals surface area contributed by atoms with Crippen molar-refractivity contribution in [2.24, 2.45) is 0 Å². The van der Waals surface area contributed by atoms with Gasteiger partial charge in [-0.3, -0.25) is 0 Å². The highest BCUT2D eigenvalue weighted by molar-refractivity contribution is 5.80. The second kappa shape index (κ2) is 7.23. The minimum Gasteiger partial charge on any atom is -0.369 e. The SMILES string of the molecule is CCCCN(c1ccc2c(c1)-c1ccc(C)cc1C2)C1CCCCC1. The van der Waals surface area contributed by atoms with Gasteiger partial charge < -0.3 is 4.90 Å². The van der Waals surface area contributed by atoms with Gasteiger partial charge >= 0.3 is 0 Å². The van der Waals surface area contributed by atoms with Gasteiger partial charge in [-0.15, -0.1) is 0 Å². The summed E-state index contributed by atoms with van der Waals surface area (Å²) in [6.45, 7) is 5.71. The molecule has 0 aliphatic heterocycles. The van der Waals surface area contributed by atoms with Gasteiger partial charge in [0.05, 0.1) is 0 Å². The zero-order valence-electron chi connectivity index (χ0n) is 15.9. The maximum atomic E-state index is 2.73. The monoisotopic (exact) mass is 333 g/mol. The molecule has 0 N–H and O–H groups in total. The summed E-state index contributed by atoms with van der Waals surface area (Å²) < 4.78 is 0. The Kier molecular flexibility index (Phi) is 4.83. The summed E-state index contributed by atoms with van der Waals surface area (Å²) in [5.41, 5.74) is 8.77. The Labute approximate surface area is 153 Å². The second-order valence-corrected chi connectivity index (χ2v) is 8.02. The molecule has 2 aliphatic rings. The van der Waals surface area contributed by atoms with Gasteiger partial charge in [0, 0.05) is 18.3 Å². The fraction of sp³-hybridized carbons (Fsp3) is 0.500. The van der Waals surface area contributed by atoms with Crippen molar-refractivity contribution >= 4 is 5.69 Å². The number of unbranched alkanes of at least 4 members (excludes halogenated alkanes) is 1. The Bertz CT molecular complexity index is 740. The predicted molar refractivity (Wildman–Crippen MR) is 109 cm³/mol. The number of aryl methyl sites for hydroxylation is 1. The van der Waals surface area contributed by atoms with E-state index in [-0.39, 0.29) is 0 Å². The zero-order chi connectivity index (χ0) is 17.2. The van der Waals surface area contributed by atoms with Crippen LogP contribution >= 0.6 is 0 Å². The molecule has 1 saturated carbocycles. The molecule has 0 atom stereocenters. The summed E-state index contributed by atoms with van der Waals surface area (Å²) in [5, 5.41) is 0. The number of hydrogen-bond donors (Lipinski definition) is 0. The lowest BCUT2D eigenvalue weighted by atomic mass is 9.93. The summed E-state index contributed by atoms with van der Waals surface area (Å²) in [5.74, 6) is 0. The minimum atomic E-state index is 0.747. The van der Waals surface area contributed by atoms with E-state index in [2.05, 4.69) is 55.1 Å². The van der Waals surface area contributed by atoms with E-state index in [0.717, 1.165) is 12.5 Å². The number of anilines is 1. The van der Waals surface area contributed by atoms with Crippen LogP contribution in [0.5, 0.6) is 0 Å². The van der Waals surface area contributed by atoms with Crippen molar-refractivity contribution in [3.05, 3.63) is 53.1 Å². The molecule has 2 aliphatic carbocycles. The first-order valence-corrected chi connectivity index (χ1v) is 10.3. The molecular weight excluding hydrogens is 302 g/mol. The summed E-state index contributed by atoms with van der Waals surface area (Å²) in [6, 6.07) is 15.0. The Morgan fingerprint density at radius 2 is 1.76 bits per heavy atom. The lowest BCUT2D eigenvalue weighted by molar-refractivity contribution is 0.412. The highest BCUT2D eigenvalue weighted by Gasteiger charge is 2.24. The molecule has 0 radical (unpaired) electrons. The van der Waals surface area contributed by atoms with Gasteiger partial charge in [-0.05, 0) is 67.0 Å². The quantitative estimate of drug-likeness (QED) is 0.515. The molecule has 1 heteroatoms. The molecule has 25 heavy (non-hydrogen) atoms. The van der Waals surface area contributed by atoms with E-state index in [1.54, 1.807) is 0 Å². The van der Waals surface area contributed by atoms with E-state index in [1.807, 2.05) is 0 Å². The number of nitrogens with zero attached hydrogens (tertiary/aromatic N) is 1. The summed E-state index contributed by atoms with van der Waals surface area (Å²) >= 11 is 0. The molecular formula is C24H31N. The van der Waals surface area contributed by atoms with Gasteiger partial charge in [0.1, 0.15) is 0 Å². The van der Waals surface area contributed by atoms with Gasteiger partial charge in [0.2, 0.25) is 0 Å². The molecule has 2 aromatic rings. The van der Waals surface area contributed by atoms with Crippen molar-refractivity contribution in [3.8, 4) is 11.1 Å².